The van der Waals surface area contributed by atoms with Gasteiger partial charge >= 0.3 is 0 Å². The Morgan fingerprint density at radius 2 is 2.15 bits per heavy atom. The monoisotopic (exact) mass is 281 g/mol. The van der Waals surface area contributed by atoms with Crippen molar-refractivity contribution >= 4 is 0 Å². The number of rotatable bonds is 10. The summed E-state index contributed by atoms with van der Waals surface area (Å²) in [6, 6.07) is 0. The zero-order valence-electron chi connectivity index (χ0n) is 12.7. The predicted molar refractivity (Wildman–Crippen MR) is 77.2 cm³/mol. The molecule has 5 heteroatoms. The highest BCUT2D eigenvalue weighted by atomic mass is 16.5. The molecule has 1 saturated carbocycles. The van der Waals surface area contributed by atoms with Gasteiger partial charge in [0.2, 0.25) is 11.7 Å². The van der Waals surface area contributed by atoms with Crippen molar-refractivity contribution in [3.63, 3.8) is 0 Å². The maximum atomic E-state index is 5.75. The van der Waals surface area contributed by atoms with Crippen LogP contribution in [0, 0.1) is 11.8 Å². The number of aromatic nitrogens is 2. The molecule has 0 bridgehead atoms. The summed E-state index contributed by atoms with van der Waals surface area (Å²) >= 11 is 0. The molecule has 1 aromatic heterocycles. The van der Waals surface area contributed by atoms with Crippen molar-refractivity contribution in [2.45, 2.75) is 58.5 Å². The largest absolute Gasteiger partial charge is 0.370 e. The van der Waals surface area contributed by atoms with Gasteiger partial charge in [0.25, 0.3) is 0 Å². The molecular weight excluding hydrogens is 254 g/mol. The highest BCUT2D eigenvalue weighted by Crippen LogP contribution is 2.42. The van der Waals surface area contributed by atoms with E-state index in [4.69, 9.17) is 15.0 Å². The van der Waals surface area contributed by atoms with Crippen molar-refractivity contribution in [3.05, 3.63) is 11.7 Å². The lowest BCUT2D eigenvalue weighted by atomic mass is 9.97. The third kappa shape index (κ3) is 4.28. The van der Waals surface area contributed by atoms with Gasteiger partial charge in [-0.1, -0.05) is 18.5 Å². The maximum Gasteiger partial charge on any atom is 0.226 e. The molecular formula is C15H27N3O2. The van der Waals surface area contributed by atoms with Crippen molar-refractivity contribution in [1.82, 2.24) is 10.1 Å². The molecule has 2 N–H and O–H groups in total. The smallest absolute Gasteiger partial charge is 0.226 e. The third-order valence-electron chi connectivity index (χ3n) is 4.05. The Labute approximate surface area is 121 Å². The first-order valence-corrected chi connectivity index (χ1v) is 7.92. The van der Waals surface area contributed by atoms with Crippen LogP contribution in [0.1, 0.15) is 63.8 Å². The molecule has 0 aromatic carbocycles. The van der Waals surface area contributed by atoms with Crippen LogP contribution in [-0.4, -0.2) is 23.3 Å². The van der Waals surface area contributed by atoms with Gasteiger partial charge in [0.05, 0.1) is 0 Å². The number of aryl methyl sites for hydroxylation is 1. The summed E-state index contributed by atoms with van der Waals surface area (Å²) in [6.07, 6.45) is 6.59. The Morgan fingerprint density at radius 3 is 2.75 bits per heavy atom. The van der Waals surface area contributed by atoms with Gasteiger partial charge in [-0.25, -0.2) is 0 Å². The minimum absolute atomic E-state index is 0.0310. The predicted octanol–water partition coefficient (Wildman–Crippen LogP) is 2.86. The van der Waals surface area contributed by atoms with Crippen molar-refractivity contribution in [2.24, 2.45) is 17.6 Å². The molecule has 114 valence electrons. The van der Waals surface area contributed by atoms with E-state index in [1.165, 1.54) is 12.8 Å². The molecule has 5 nitrogen and oxygen atoms in total. The Morgan fingerprint density at radius 1 is 1.35 bits per heavy atom. The Bertz CT molecular complexity index is 390. The quantitative estimate of drug-likeness (QED) is 0.713. The molecule has 2 unspecified atom stereocenters. The van der Waals surface area contributed by atoms with Crippen LogP contribution in [0.2, 0.25) is 0 Å². The normalized spacial score (nSPS) is 18.1. The second-order valence-corrected chi connectivity index (χ2v) is 5.65. The molecule has 2 atom stereocenters. The highest BCUT2D eigenvalue weighted by Gasteiger charge is 2.36. The van der Waals surface area contributed by atoms with Crippen LogP contribution in [0.4, 0.5) is 0 Å². The zero-order chi connectivity index (χ0) is 14.4. The first-order chi connectivity index (χ1) is 9.78. The SMILES string of the molecule is CCOC(c1noc(CCC(CC)CCN)n1)C1CC1. The van der Waals surface area contributed by atoms with Crippen molar-refractivity contribution < 1.29 is 9.26 Å². The van der Waals surface area contributed by atoms with E-state index in [-0.39, 0.29) is 6.10 Å². The summed E-state index contributed by atoms with van der Waals surface area (Å²) in [5.41, 5.74) is 5.62. The molecule has 1 fully saturated rings. The summed E-state index contributed by atoms with van der Waals surface area (Å²) in [5.74, 6) is 2.71. The first-order valence-electron chi connectivity index (χ1n) is 7.92. The van der Waals surface area contributed by atoms with E-state index in [1.807, 2.05) is 6.92 Å². The van der Waals surface area contributed by atoms with Gasteiger partial charge in [-0.3, -0.25) is 0 Å². The molecule has 20 heavy (non-hydrogen) atoms. The fraction of sp³-hybridized carbons (Fsp3) is 0.867. The average Bonchev–Trinajstić information content (AvgIpc) is 3.19. The number of nitrogens with zero attached hydrogens (tertiary/aromatic N) is 2. The zero-order valence-corrected chi connectivity index (χ0v) is 12.7. The van der Waals surface area contributed by atoms with E-state index >= 15 is 0 Å². The summed E-state index contributed by atoms with van der Waals surface area (Å²) in [5, 5.41) is 4.11. The minimum atomic E-state index is 0.0310. The van der Waals surface area contributed by atoms with E-state index < -0.39 is 0 Å². The second kappa shape index (κ2) is 7.74. The van der Waals surface area contributed by atoms with Gasteiger partial charge in [-0.15, -0.1) is 0 Å². The molecule has 0 aliphatic heterocycles. The van der Waals surface area contributed by atoms with Gasteiger partial charge in [0.1, 0.15) is 6.10 Å². The third-order valence-corrected chi connectivity index (χ3v) is 4.05. The van der Waals surface area contributed by atoms with Crippen LogP contribution in [0.25, 0.3) is 0 Å². The summed E-state index contributed by atoms with van der Waals surface area (Å²) in [6.45, 7) is 5.66. The molecule has 0 amide bonds. The Hall–Kier alpha value is -0.940. The van der Waals surface area contributed by atoms with E-state index in [0.29, 0.717) is 18.4 Å². The number of hydrogen-bond acceptors (Lipinski definition) is 5. The van der Waals surface area contributed by atoms with Crippen LogP contribution >= 0.6 is 0 Å². The van der Waals surface area contributed by atoms with Crippen molar-refractivity contribution in [2.75, 3.05) is 13.2 Å². The summed E-state index contributed by atoms with van der Waals surface area (Å²) < 4.78 is 11.1. The van der Waals surface area contributed by atoms with Gasteiger partial charge in [0, 0.05) is 13.0 Å². The van der Waals surface area contributed by atoms with Gasteiger partial charge in [-0.2, -0.15) is 4.98 Å². The molecule has 1 aliphatic carbocycles. The van der Waals surface area contributed by atoms with E-state index in [2.05, 4.69) is 17.1 Å². The minimum Gasteiger partial charge on any atom is -0.370 e. The standard InChI is InChI=1S/C15H27N3O2/c1-3-11(9-10-16)5-8-13-17-15(18-20-13)14(19-4-2)12-6-7-12/h11-12,14H,3-10,16H2,1-2H3. The van der Waals surface area contributed by atoms with E-state index in [9.17, 15) is 0 Å². The van der Waals surface area contributed by atoms with E-state index in [0.717, 1.165) is 43.9 Å². The lowest BCUT2D eigenvalue weighted by molar-refractivity contribution is 0.0384. The average molecular weight is 281 g/mol. The first kappa shape index (κ1) is 15.4. The van der Waals surface area contributed by atoms with Gasteiger partial charge < -0.3 is 15.0 Å². The molecule has 2 rings (SSSR count). The van der Waals surface area contributed by atoms with E-state index in [1.54, 1.807) is 0 Å². The number of ether oxygens (including phenoxy) is 1. The molecule has 1 heterocycles. The Kier molecular flexibility index (Phi) is 5.98. The van der Waals surface area contributed by atoms with Crippen LogP contribution in [0.3, 0.4) is 0 Å². The van der Waals surface area contributed by atoms with Crippen molar-refractivity contribution in [1.29, 1.82) is 0 Å². The molecule has 0 saturated heterocycles. The van der Waals surface area contributed by atoms with Crippen LogP contribution in [-0.2, 0) is 11.2 Å². The lowest BCUT2D eigenvalue weighted by Crippen LogP contribution is -2.10. The summed E-state index contributed by atoms with van der Waals surface area (Å²) in [7, 11) is 0. The van der Waals surface area contributed by atoms with Gasteiger partial charge in [0.15, 0.2) is 0 Å². The van der Waals surface area contributed by atoms with Crippen LogP contribution in [0.5, 0.6) is 0 Å². The summed E-state index contributed by atoms with van der Waals surface area (Å²) in [4.78, 5) is 4.52. The van der Waals surface area contributed by atoms with Crippen LogP contribution in [0.15, 0.2) is 4.52 Å². The molecule has 0 radical (unpaired) electrons. The van der Waals surface area contributed by atoms with Gasteiger partial charge in [-0.05, 0) is 51.0 Å². The lowest BCUT2D eigenvalue weighted by Gasteiger charge is -2.12. The van der Waals surface area contributed by atoms with Crippen LogP contribution < -0.4 is 5.73 Å². The molecule has 1 aromatic rings. The maximum absolute atomic E-state index is 5.75. The molecule has 1 aliphatic rings. The topological polar surface area (TPSA) is 74.2 Å². The second-order valence-electron chi connectivity index (χ2n) is 5.65. The molecule has 0 spiro atoms. The number of nitrogens with two attached hydrogens (primary N) is 1. The highest BCUT2D eigenvalue weighted by molar-refractivity contribution is 4.98. The van der Waals surface area contributed by atoms with Crippen molar-refractivity contribution in [3.8, 4) is 0 Å². The number of hydrogen-bond donors (Lipinski definition) is 1. The fourth-order valence-electron chi connectivity index (χ4n) is 2.60. The Balaban J connectivity index is 1.87. The fourth-order valence-corrected chi connectivity index (χ4v) is 2.60.